The van der Waals surface area contributed by atoms with Crippen LogP contribution in [-0.2, 0) is 0 Å². The van der Waals surface area contributed by atoms with Gasteiger partial charge < -0.3 is 18.9 Å². The van der Waals surface area contributed by atoms with E-state index < -0.39 is 5.97 Å². The fourth-order valence-electron chi connectivity index (χ4n) is 3.35. The van der Waals surface area contributed by atoms with Crippen LogP contribution >= 0.6 is 22.9 Å². The van der Waals surface area contributed by atoms with E-state index >= 15 is 0 Å². The number of hydrogen-bond donors (Lipinski definition) is 1. The van der Waals surface area contributed by atoms with Crippen LogP contribution in [0.3, 0.4) is 0 Å². The molecule has 0 fully saturated rings. The highest BCUT2D eigenvalue weighted by Crippen LogP contribution is 2.38. The third-order valence-electron chi connectivity index (χ3n) is 5.13. The normalized spacial score (nSPS) is 12.2. The fourth-order valence-corrected chi connectivity index (χ4v) is 4.76. The Morgan fingerprint density at radius 2 is 1.80 bits per heavy atom. The molecule has 0 aliphatic carbocycles. The zero-order valence-electron chi connectivity index (χ0n) is 18.2. The molecule has 0 spiro atoms. The van der Waals surface area contributed by atoms with Gasteiger partial charge in [-0.05, 0) is 66.2 Å². The minimum atomic E-state index is -0.549. The molecule has 176 valence electrons. The number of nitrogens with one attached hydrogen (secondary N) is 1. The van der Waals surface area contributed by atoms with Gasteiger partial charge in [-0.2, -0.15) is 5.10 Å². The third kappa shape index (κ3) is 4.77. The number of ether oxygens (including phenoxy) is 4. The van der Waals surface area contributed by atoms with E-state index in [1.165, 1.54) is 17.6 Å². The maximum atomic E-state index is 12.7. The Labute approximate surface area is 208 Å². The number of methoxy groups -OCH3 is 1. The topological polar surface area (TPSA) is 95.5 Å². The van der Waals surface area contributed by atoms with Crippen molar-refractivity contribution in [3.63, 3.8) is 0 Å². The summed E-state index contributed by atoms with van der Waals surface area (Å²) < 4.78 is 22.0. The maximum absolute atomic E-state index is 12.7. The van der Waals surface area contributed by atoms with Crippen molar-refractivity contribution in [1.29, 1.82) is 0 Å². The molecule has 8 nitrogen and oxygen atoms in total. The van der Waals surface area contributed by atoms with Gasteiger partial charge >= 0.3 is 5.97 Å². The summed E-state index contributed by atoms with van der Waals surface area (Å²) in [5, 5.41) is 5.08. The number of hydrogen-bond acceptors (Lipinski definition) is 8. The summed E-state index contributed by atoms with van der Waals surface area (Å²) in [7, 11) is 1.58. The first kappa shape index (κ1) is 22.7. The molecule has 1 N–H and O–H groups in total. The highest BCUT2D eigenvalue weighted by Gasteiger charge is 2.20. The fraction of sp³-hybridized carbons (Fsp3) is 0.0800. The molecule has 1 amide bonds. The summed E-state index contributed by atoms with van der Waals surface area (Å²) in [5.74, 6) is 1.21. The van der Waals surface area contributed by atoms with Crippen LogP contribution in [0, 0.1) is 0 Å². The molecule has 4 aromatic rings. The van der Waals surface area contributed by atoms with E-state index in [-0.39, 0.29) is 12.7 Å². The van der Waals surface area contributed by atoms with E-state index in [0.717, 1.165) is 10.1 Å². The molecule has 1 aliphatic heterocycles. The number of carbonyl (C=O) groups excluding carboxylic acids is 2. The number of nitrogens with zero attached hydrogens (tertiary/aromatic N) is 1. The predicted molar refractivity (Wildman–Crippen MR) is 132 cm³/mol. The molecule has 0 radical (unpaired) electrons. The van der Waals surface area contributed by atoms with Gasteiger partial charge in [0.2, 0.25) is 6.79 Å². The number of benzene rings is 3. The van der Waals surface area contributed by atoms with Crippen molar-refractivity contribution < 1.29 is 28.5 Å². The van der Waals surface area contributed by atoms with Crippen LogP contribution in [0.4, 0.5) is 0 Å². The number of thiophene rings is 1. The van der Waals surface area contributed by atoms with Gasteiger partial charge in [-0.25, -0.2) is 10.2 Å². The Hall–Kier alpha value is -4.08. The number of esters is 1. The molecule has 0 bridgehead atoms. The van der Waals surface area contributed by atoms with Crippen LogP contribution in [-0.4, -0.2) is 32.0 Å². The Balaban J connectivity index is 1.21. The highest BCUT2D eigenvalue weighted by molar-refractivity contribution is 7.21. The first-order valence-corrected chi connectivity index (χ1v) is 11.5. The van der Waals surface area contributed by atoms with Crippen molar-refractivity contribution >= 4 is 51.1 Å². The molecule has 3 aromatic carbocycles. The largest absolute Gasteiger partial charge is 0.497 e. The van der Waals surface area contributed by atoms with Crippen molar-refractivity contribution in [3.05, 3.63) is 81.7 Å². The molecular formula is C25H17ClN2O6S. The highest BCUT2D eigenvalue weighted by atomic mass is 35.5. The Kier molecular flexibility index (Phi) is 6.26. The summed E-state index contributed by atoms with van der Waals surface area (Å²) in [4.78, 5) is 25.3. The van der Waals surface area contributed by atoms with E-state index in [1.807, 2.05) is 12.1 Å². The lowest BCUT2D eigenvalue weighted by atomic mass is 10.2. The average Bonchev–Trinajstić information content (AvgIpc) is 3.48. The molecule has 0 atom stereocenters. The summed E-state index contributed by atoms with van der Waals surface area (Å²) >= 11 is 7.64. The van der Waals surface area contributed by atoms with Gasteiger partial charge in [0.05, 0.1) is 18.3 Å². The van der Waals surface area contributed by atoms with Crippen molar-refractivity contribution in [2.24, 2.45) is 5.10 Å². The molecular weight excluding hydrogens is 492 g/mol. The lowest BCUT2D eigenvalue weighted by Gasteiger charge is -2.04. The zero-order chi connectivity index (χ0) is 24.4. The van der Waals surface area contributed by atoms with Crippen molar-refractivity contribution in [3.8, 4) is 23.0 Å². The van der Waals surface area contributed by atoms with Crippen LogP contribution < -0.4 is 24.4 Å². The zero-order valence-corrected chi connectivity index (χ0v) is 19.8. The van der Waals surface area contributed by atoms with Crippen LogP contribution in [0.25, 0.3) is 10.1 Å². The SMILES string of the molecule is COc1ccc2c(Cl)c(C(=O)Oc3ccc(C=NNC(=O)c4ccc5c(c4)OCO5)cc3)sc2c1. The second kappa shape index (κ2) is 9.65. The molecule has 0 saturated heterocycles. The van der Waals surface area contributed by atoms with E-state index in [2.05, 4.69) is 10.5 Å². The third-order valence-corrected chi connectivity index (χ3v) is 6.76. The van der Waals surface area contributed by atoms with Crippen LogP contribution in [0.1, 0.15) is 25.6 Å². The van der Waals surface area contributed by atoms with Crippen LogP contribution in [0.15, 0.2) is 65.8 Å². The quantitative estimate of drug-likeness (QED) is 0.165. The molecule has 2 heterocycles. The van der Waals surface area contributed by atoms with Crippen LogP contribution in [0.2, 0.25) is 5.02 Å². The lowest BCUT2D eigenvalue weighted by molar-refractivity contribution is 0.0739. The summed E-state index contributed by atoms with van der Waals surface area (Å²) in [6, 6.07) is 17.0. The lowest BCUT2D eigenvalue weighted by Crippen LogP contribution is -2.17. The van der Waals surface area contributed by atoms with Gasteiger partial charge in [-0.3, -0.25) is 4.79 Å². The summed E-state index contributed by atoms with van der Waals surface area (Å²) in [6.07, 6.45) is 1.48. The molecule has 10 heteroatoms. The predicted octanol–water partition coefficient (Wildman–Crippen LogP) is 5.28. The van der Waals surface area contributed by atoms with Gasteiger partial charge in [0.1, 0.15) is 16.4 Å². The molecule has 5 rings (SSSR count). The molecule has 1 aromatic heterocycles. The van der Waals surface area contributed by atoms with Crippen molar-refractivity contribution in [1.82, 2.24) is 5.43 Å². The number of rotatable bonds is 6. The van der Waals surface area contributed by atoms with Crippen LogP contribution in [0.5, 0.6) is 23.0 Å². The summed E-state index contributed by atoms with van der Waals surface area (Å²) in [6.45, 7) is 0.135. The smallest absolute Gasteiger partial charge is 0.355 e. The van der Waals surface area contributed by atoms with Gasteiger partial charge in [0.25, 0.3) is 5.91 Å². The number of halogens is 1. The average molecular weight is 509 g/mol. The number of fused-ring (bicyclic) bond motifs is 2. The van der Waals surface area contributed by atoms with E-state index in [1.54, 1.807) is 55.6 Å². The Bertz CT molecular complexity index is 1470. The second-order valence-electron chi connectivity index (χ2n) is 7.33. The van der Waals surface area contributed by atoms with Gasteiger partial charge in [-0.1, -0.05) is 11.6 Å². The number of carbonyl (C=O) groups is 2. The van der Waals surface area contributed by atoms with E-state index in [9.17, 15) is 9.59 Å². The van der Waals surface area contributed by atoms with Gasteiger partial charge in [0.15, 0.2) is 11.5 Å². The first-order chi connectivity index (χ1) is 17.0. The molecule has 35 heavy (non-hydrogen) atoms. The Morgan fingerprint density at radius 3 is 2.60 bits per heavy atom. The minimum Gasteiger partial charge on any atom is -0.497 e. The number of amides is 1. The molecule has 0 unspecified atom stereocenters. The maximum Gasteiger partial charge on any atom is 0.355 e. The van der Waals surface area contributed by atoms with Crippen molar-refractivity contribution in [2.75, 3.05) is 13.9 Å². The molecule has 1 aliphatic rings. The first-order valence-electron chi connectivity index (χ1n) is 10.3. The second-order valence-corrected chi connectivity index (χ2v) is 8.76. The standard InChI is InChI=1S/C25H17ClN2O6S/c1-31-17-7-8-18-21(11-17)35-23(22(18)26)25(30)34-16-5-2-14(3-6-16)12-27-28-24(29)15-4-9-19-20(10-15)33-13-32-19/h2-12H,13H2,1H3,(H,28,29). The van der Waals surface area contributed by atoms with Gasteiger partial charge in [-0.15, -0.1) is 11.3 Å². The van der Waals surface area contributed by atoms with Crippen molar-refractivity contribution in [2.45, 2.75) is 0 Å². The van der Waals surface area contributed by atoms with E-state index in [4.69, 9.17) is 30.5 Å². The minimum absolute atomic E-state index is 0.135. The summed E-state index contributed by atoms with van der Waals surface area (Å²) in [5.41, 5.74) is 3.55. The monoisotopic (exact) mass is 508 g/mol. The number of hydrazone groups is 1. The van der Waals surface area contributed by atoms with Gasteiger partial charge in [0, 0.05) is 15.6 Å². The molecule has 0 saturated carbocycles. The Morgan fingerprint density at radius 1 is 1.03 bits per heavy atom. The van der Waals surface area contributed by atoms with E-state index in [0.29, 0.717) is 44.0 Å².